The Balaban J connectivity index is 1.10. The third-order valence-corrected chi connectivity index (χ3v) is 16.2. The monoisotopic (exact) mass is 828 g/mol. The van der Waals surface area contributed by atoms with Crippen LogP contribution in [-0.4, -0.2) is 125 Å². The van der Waals surface area contributed by atoms with Crippen LogP contribution in [0.15, 0.2) is 11.6 Å². The molecule has 0 amide bonds. The van der Waals surface area contributed by atoms with Gasteiger partial charge in [-0.3, -0.25) is 9.59 Å². The summed E-state index contributed by atoms with van der Waals surface area (Å²) >= 11 is 1.86. The molecule has 17 atom stereocenters. The molecule has 0 aromatic carbocycles. The number of carbonyl (C=O) groups excluding carboxylic acids is 2. The number of Topliss-reactive ketones (excluding diaryl/α,β-unsaturated/α-hetero) is 1. The molecule has 0 N–H and O–H groups in total. The van der Waals surface area contributed by atoms with Gasteiger partial charge in [0.05, 0.1) is 41.5 Å². The third-order valence-electron chi connectivity index (χ3n) is 14.8. The van der Waals surface area contributed by atoms with Gasteiger partial charge in [-0.05, 0) is 110 Å². The summed E-state index contributed by atoms with van der Waals surface area (Å²) < 4.78 is 50.4. The molecule has 4 aliphatic carbocycles. The highest BCUT2D eigenvalue weighted by atomic mass is 32.1. The Morgan fingerprint density at radius 1 is 0.862 bits per heavy atom. The molecule has 7 aliphatic rings. The summed E-state index contributed by atoms with van der Waals surface area (Å²) in [6.07, 6.45) is 8.21. The number of thiazole rings is 1. The van der Waals surface area contributed by atoms with Crippen molar-refractivity contribution in [3.05, 3.63) is 27.2 Å². The van der Waals surface area contributed by atoms with E-state index >= 15 is 4.79 Å². The fourth-order valence-electron chi connectivity index (χ4n) is 11.6. The van der Waals surface area contributed by atoms with E-state index in [0.717, 1.165) is 69.1 Å². The number of ether oxygens (including phenoxy) is 8. The Morgan fingerprint density at radius 2 is 1.62 bits per heavy atom. The van der Waals surface area contributed by atoms with Crippen LogP contribution >= 0.6 is 11.3 Å². The van der Waals surface area contributed by atoms with Crippen molar-refractivity contribution in [1.82, 2.24) is 9.88 Å². The highest BCUT2D eigenvalue weighted by Gasteiger charge is 2.57. The number of methoxy groups -OCH3 is 3. The molecule has 4 heterocycles. The Labute approximate surface area is 349 Å². The predicted octanol–water partition coefficient (Wildman–Crippen LogP) is 6.90. The summed E-state index contributed by atoms with van der Waals surface area (Å²) in [5.74, 6) is 0.0379. The molecule has 12 nitrogen and oxygen atoms in total. The second kappa shape index (κ2) is 17.9. The van der Waals surface area contributed by atoms with E-state index in [4.69, 9.17) is 42.9 Å². The molecule has 8 rings (SSSR count). The predicted molar refractivity (Wildman–Crippen MR) is 218 cm³/mol. The quantitative estimate of drug-likeness (QED) is 0.228. The number of esters is 1. The maximum atomic E-state index is 15.1. The van der Waals surface area contributed by atoms with Crippen molar-refractivity contribution < 1.29 is 47.5 Å². The Bertz CT molecular complexity index is 1650. The summed E-state index contributed by atoms with van der Waals surface area (Å²) in [5, 5.41) is 1.20. The Kier molecular flexibility index (Phi) is 13.2. The smallest absolute Gasteiger partial charge is 0.306 e. The fourth-order valence-corrected chi connectivity index (χ4v) is 13.1. The number of rotatable bonds is 10. The third kappa shape index (κ3) is 8.27. The van der Waals surface area contributed by atoms with Gasteiger partial charge in [0.2, 0.25) is 0 Å². The number of nitrogens with zero attached hydrogens (tertiary/aromatic N) is 2. The molecule has 0 spiro atoms. The summed E-state index contributed by atoms with van der Waals surface area (Å²) in [5.41, 5.74) is 1.84. The lowest BCUT2D eigenvalue weighted by atomic mass is 9.67. The minimum atomic E-state index is -0.622. The van der Waals surface area contributed by atoms with Crippen LogP contribution in [0.5, 0.6) is 0 Å². The van der Waals surface area contributed by atoms with Gasteiger partial charge < -0.3 is 42.8 Å². The molecule has 2 saturated carbocycles. The number of likely N-dealkylation sites (N-methyl/N-ethyl adjacent to an activating group) is 1. The van der Waals surface area contributed by atoms with Gasteiger partial charge in [-0.2, -0.15) is 0 Å². The number of allylic oxidation sites excluding steroid dienone is 2. The van der Waals surface area contributed by atoms with Crippen molar-refractivity contribution in [3.63, 3.8) is 0 Å². The van der Waals surface area contributed by atoms with Gasteiger partial charge in [0.1, 0.15) is 24.4 Å². The van der Waals surface area contributed by atoms with Gasteiger partial charge in [0, 0.05) is 61.8 Å². The zero-order chi connectivity index (χ0) is 41.0. The van der Waals surface area contributed by atoms with Crippen LogP contribution < -0.4 is 0 Å². The van der Waals surface area contributed by atoms with Gasteiger partial charge >= 0.3 is 5.97 Å². The molecule has 0 bridgehead atoms. The van der Waals surface area contributed by atoms with E-state index in [2.05, 4.69) is 38.9 Å². The first-order valence-electron chi connectivity index (χ1n) is 22.3. The zero-order valence-electron chi connectivity index (χ0n) is 36.1. The number of hydrogen-bond donors (Lipinski definition) is 0. The first-order valence-corrected chi connectivity index (χ1v) is 23.1. The lowest BCUT2D eigenvalue weighted by Gasteiger charge is -2.44. The normalized spacial score (nSPS) is 43.4. The van der Waals surface area contributed by atoms with E-state index in [1.54, 1.807) is 21.3 Å². The first kappa shape index (κ1) is 42.9. The van der Waals surface area contributed by atoms with Crippen LogP contribution in [0.3, 0.4) is 0 Å². The van der Waals surface area contributed by atoms with Crippen molar-refractivity contribution >= 4 is 23.1 Å². The van der Waals surface area contributed by atoms with Gasteiger partial charge in [0.15, 0.2) is 18.4 Å². The molecular formula is C45H68N2O10S. The summed E-state index contributed by atoms with van der Waals surface area (Å²) in [7, 11) is 9.20. The van der Waals surface area contributed by atoms with Crippen LogP contribution in [0.2, 0.25) is 0 Å². The standard InChI is InChI=1S/C45H68N2O10S/c1-10-26-12-11-13-34(57-36-17-16-33(47(5)6)23(3)53-36)22(2)39(49)31-20-29-28-18-27(56-45-42(52-9)41(51-8)40(50-7)24(4)54-45)19-32(28)43-38(46-44(58-43)25-14-15-25)37(29)30(31)21-35(48)55-26/h20,22-30,32-34,36-37,40-42,45H,10-19,21H2,1-9H3/t22-,23?,24?,26+,27+,28+,29+,30-,32-,33+,34+,36+,37-,40+,41?,42+,45+/m1/s1. The maximum Gasteiger partial charge on any atom is 0.306 e. The summed E-state index contributed by atoms with van der Waals surface area (Å²) in [6.45, 7) is 8.22. The van der Waals surface area contributed by atoms with Crippen molar-refractivity contribution in [2.75, 3.05) is 35.4 Å². The van der Waals surface area contributed by atoms with Gasteiger partial charge in [-0.15, -0.1) is 11.3 Å². The van der Waals surface area contributed by atoms with E-state index < -0.39 is 18.3 Å². The minimum absolute atomic E-state index is 0.0251. The second-order valence-corrected chi connectivity index (χ2v) is 19.6. The molecule has 1 aromatic heterocycles. The Hall–Kier alpha value is -1.81. The number of fused-ring (bicyclic) bond motifs is 8. The average molecular weight is 829 g/mol. The number of cyclic esters (lactones) is 1. The number of hydrogen-bond acceptors (Lipinski definition) is 13. The zero-order valence-corrected chi connectivity index (χ0v) is 36.9. The Morgan fingerprint density at radius 3 is 2.29 bits per heavy atom. The van der Waals surface area contributed by atoms with Gasteiger partial charge in [0.25, 0.3) is 0 Å². The molecule has 13 heteroatoms. The van der Waals surface area contributed by atoms with E-state index in [9.17, 15) is 4.79 Å². The van der Waals surface area contributed by atoms with Crippen LogP contribution in [0.1, 0.15) is 132 Å². The van der Waals surface area contributed by atoms with Crippen molar-refractivity contribution in [2.24, 2.45) is 23.7 Å². The molecule has 58 heavy (non-hydrogen) atoms. The minimum Gasteiger partial charge on any atom is -0.462 e. The second-order valence-electron chi connectivity index (χ2n) is 18.6. The van der Waals surface area contributed by atoms with E-state index in [0.29, 0.717) is 18.4 Å². The lowest BCUT2D eigenvalue weighted by molar-refractivity contribution is -0.314. The molecule has 3 aliphatic heterocycles. The van der Waals surface area contributed by atoms with E-state index in [1.807, 2.05) is 25.2 Å². The average Bonchev–Trinajstić information content (AvgIpc) is 3.64. The lowest BCUT2D eigenvalue weighted by Crippen LogP contribution is -2.59. The number of carbonyl (C=O) groups is 2. The fraction of sp³-hybridized carbons (Fsp3) is 0.844. The van der Waals surface area contributed by atoms with Crippen molar-refractivity contribution in [3.8, 4) is 0 Å². The number of ketones is 1. The highest BCUT2D eigenvalue weighted by Crippen LogP contribution is 2.63. The van der Waals surface area contributed by atoms with E-state index in [1.165, 1.54) is 9.88 Å². The summed E-state index contributed by atoms with van der Waals surface area (Å²) in [4.78, 5) is 38.0. The van der Waals surface area contributed by atoms with Crippen molar-refractivity contribution in [1.29, 1.82) is 0 Å². The highest BCUT2D eigenvalue weighted by molar-refractivity contribution is 7.12. The molecule has 5 fully saturated rings. The van der Waals surface area contributed by atoms with Crippen LogP contribution in [0, 0.1) is 23.7 Å². The molecular weight excluding hydrogens is 761 g/mol. The largest absolute Gasteiger partial charge is 0.462 e. The van der Waals surface area contributed by atoms with Crippen LogP contribution in [0.4, 0.5) is 0 Å². The molecule has 324 valence electrons. The maximum absolute atomic E-state index is 15.1. The van der Waals surface area contributed by atoms with E-state index in [-0.39, 0.29) is 96.8 Å². The molecule has 1 aromatic rings. The molecule has 3 unspecified atom stereocenters. The topological polar surface area (TPSA) is 124 Å². The van der Waals surface area contributed by atoms with Crippen LogP contribution in [-0.2, 0) is 47.5 Å². The molecule has 0 radical (unpaired) electrons. The van der Waals surface area contributed by atoms with Gasteiger partial charge in [-0.1, -0.05) is 19.9 Å². The van der Waals surface area contributed by atoms with Crippen LogP contribution in [0.25, 0.3) is 0 Å². The summed E-state index contributed by atoms with van der Waals surface area (Å²) in [6, 6.07) is 0.328. The van der Waals surface area contributed by atoms with Crippen molar-refractivity contribution in [2.45, 2.75) is 184 Å². The first-order chi connectivity index (χ1) is 27.9. The molecule has 3 saturated heterocycles. The SMILES string of the molecule is CC[C@H]1CCC[C@H](O[C@H]2CC[C@H](N(C)C)C(C)O2)[C@@H](C)C(=O)C2=C[C@H]3[C@@H]4C[C@H](O[C@@H]5OC(C)[C@H](OC)C(OC)[C@@H]5OC)C[C@H]4c4sc(C5CC5)nc4[C@H]3[C@@H]2CC(=O)O1. The number of aromatic nitrogens is 1. The van der Waals surface area contributed by atoms with Gasteiger partial charge in [-0.25, -0.2) is 4.98 Å².